The van der Waals surface area contributed by atoms with Crippen molar-refractivity contribution < 1.29 is 23.1 Å². The smallest absolute Gasteiger partial charge is 0.308 e. The summed E-state index contributed by atoms with van der Waals surface area (Å²) in [5.74, 6) is -1.63. The van der Waals surface area contributed by atoms with Crippen molar-refractivity contribution in [1.29, 1.82) is 0 Å². The van der Waals surface area contributed by atoms with E-state index in [1.165, 1.54) is 29.2 Å². The first kappa shape index (κ1) is 18.4. The van der Waals surface area contributed by atoms with E-state index in [0.29, 0.717) is 18.5 Å². The minimum Gasteiger partial charge on any atom is -0.481 e. The molecular formula is C16H22N2O5S. The lowest BCUT2D eigenvalue weighted by molar-refractivity contribution is -0.143. The molecule has 0 aliphatic carbocycles. The number of piperidine rings is 1. The Kier molecular flexibility index (Phi) is 5.61. The van der Waals surface area contributed by atoms with Gasteiger partial charge in [-0.2, -0.15) is 0 Å². The summed E-state index contributed by atoms with van der Waals surface area (Å²) in [7, 11) is -3.56. The maximum atomic E-state index is 12.6. The van der Waals surface area contributed by atoms with E-state index in [4.69, 9.17) is 0 Å². The largest absolute Gasteiger partial charge is 0.481 e. The van der Waals surface area contributed by atoms with E-state index in [1.54, 1.807) is 6.92 Å². The van der Waals surface area contributed by atoms with Crippen molar-refractivity contribution in [1.82, 2.24) is 9.62 Å². The van der Waals surface area contributed by atoms with Crippen LogP contribution in [0.4, 0.5) is 0 Å². The van der Waals surface area contributed by atoms with Gasteiger partial charge in [-0.1, -0.05) is 13.8 Å². The van der Waals surface area contributed by atoms with Crippen LogP contribution in [-0.4, -0.2) is 49.9 Å². The van der Waals surface area contributed by atoms with Crippen molar-refractivity contribution in [3.8, 4) is 0 Å². The van der Waals surface area contributed by atoms with Gasteiger partial charge in [-0.3, -0.25) is 9.59 Å². The van der Waals surface area contributed by atoms with Crippen LogP contribution in [0.3, 0.4) is 0 Å². The van der Waals surface area contributed by atoms with Gasteiger partial charge in [-0.25, -0.2) is 13.1 Å². The standard InChI is InChI=1S/C16H22N2O5S/c1-3-17-24(22,23)14-6-4-12(5-7-14)15(19)18-9-11(2)8-13(10-18)16(20)21/h4-7,11,13,17H,3,8-10H2,1-2H3,(H,20,21). The number of hydrogen-bond donors (Lipinski definition) is 2. The van der Waals surface area contributed by atoms with E-state index < -0.39 is 21.9 Å². The highest BCUT2D eigenvalue weighted by atomic mass is 32.2. The van der Waals surface area contributed by atoms with Crippen molar-refractivity contribution in [3.63, 3.8) is 0 Å². The number of carbonyl (C=O) groups is 2. The number of likely N-dealkylation sites (tertiary alicyclic amines) is 1. The van der Waals surface area contributed by atoms with Gasteiger partial charge in [-0.05, 0) is 36.6 Å². The molecule has 1 aromatic carbocycles. The molecule has 0 bridgehead atoms. The molecule has 2 rings (SSSR count). The van der Waals surface area contributed by atoms with Crippen molar-refractivity contribution >= 4 is 21.9 Å². The van der Waals surface area contributed by atoms with Crippen LogP contribution in [0, 0.1) is 11.8 Å². The van der Waals surface area contributed by atoms with E-state index in [-0.39, 0.29) is 29.8 Å². The van der Waals surface area contributed by atoms with Gasteiger partial charge in [-0.15, -0.1) is 0 Å². The van der Waals surface area contributed by atoms with Gasteiger partial charge in [0.1, 0.15) is 0 Å². The molecule has 0 spiro atoms. The first-order valence-electron chi connectivity index (χ1n) is 7.86. The second kappa shape index (κ2) is 7.31. The predicted molar refractivity (Wildman–Crippen MR) is 88.1 cm³/mol. The quantitative estimate of drug-likeness (QED) is 0.826. The zero-order chi connectivity index (χ0) is 17.9. The van der Waals surface area contributed by atoms with E-state index in [9.17, 15) is 23.1 Å². The van der Waals surface area contributed by atoms with Crippen LogP contribution in [0.5, 0.6) is 0 Å². The number of carbonyl (C=O) groups excluding carboxylic acids is 1. The number of sulfonamides is 1. The molecule has 1 aliphatic rings. The summed E-state index contributed by atoms with van der Waals surface area (Å²) in [6, 6.07) is 5.68. The zero-order valence-electron chi connectivity index (χ0n) is 13.7. The third-order valence-corrected chi connectivity index (χ3v) is 5.60. The molecule has 132 valence electrons. The Morgan fingerprint density at radius 1 is 1.25 bits per heavy atom. The Bertz CT molecular complexity index is 714. The summed E-state index contributed by atoms with van der Waals surface area (Å²) in [5, 5.41) is 9.19. The summed E-state index contributed by atoms with van der Waals surface area (Å²) in [4.78, 5) is 25.4. The SMILES string of the molecule is CCNS(=O)(=O)c1ccc(C(=O)N2CC(C)CC(C(=O)O)C2)cc1. The molecule has 2 atom stereocenters. The van der Waals surface area contributed by atoms with Crippen LogP contribution in [0.2, 0.25) is 0 Å². The van der Waals surface area contributed by atoms with Crippen molar-refractivity contribution in [2.45, 2.75) is 25.2 Å². The van der Waals surface area contributed by atoms with E-state index in [1.807, 2.05) is 6.92 Å². The number of aliphatic carboxylic acids is 1. The summed E-state index contributed by atoms with van der Waals surface area (Å²) in [6.07, 6.45) is 0.555. The highest BCUT2D eigenvalue weighted by molar-refractivity contribution is 7.89. The molecule has 2 unspecified atom stereocenters. The third kappa shape index (κ3) is 4.12. The average molecular weight is 354 g/mol. The van der Waals surface area contributed by atoms with Crippen molar-refractivity contribution in [2.24, 2.45) is 11.8 Å². The minimum absolute atomic E-state index is 0.0938. The number of benzene rings is 1. The van der Waals surface area contributed by atoms with Gasteiger partial charge in [0.25, 0.3) is 5.91 Å². The molecule has 0 saturated carbocycles. The maximum absolute atomic E-state index is 12.6. The lowest BCUT2D eigenvalue weighted by Crippen LogP contribution is -2.45. The molecule has 1 aliphatic heterocycles. The lowest BCUT2D eigenvalue weighted by atomic mass is 9.90. The number of hydrogen-bond acceptors (Lipinski definition) is 4. The topological polar surface area (TPSA) is 104 Å². The van der Waals surface area contributed by atoms with Crippen LogP contribution in [0.1, 0.15) is 30.6 Å². The molecule has 8 heteroatoms. The molecule has 1 saturated heterocycles. The second-order valence-electron chi connectivity index (χ2n) is 6.11. The number of carboxylic acids is 1. The van der Waals surface area contributed by atoms with E-state index in [2.05, 4.69) is 4.72 Å². The van der Waals surface area contributed by atoms with Crippen molar-refractivity contribution in [2.75, 3.05) is 19.6 Å². The fourth-order valence-electron chi connectivity index (χ4n) is 2.93. The lowest BCUT2D eigenvalue weighted by Gasteiger charge is -2.34. The van der Waals surface area contributed by atoms with Gasteiger partial charge >= 0.3 is 5.97 Å². The van der Waals surface area contributed by atoms with Crippen LogP contribution in [-0.2, 0) is 14.8 Å². The fraction of sp³-hybridized carbons (Fsp3) is 0.500. The normalized spacial score (nSPS) is 21.5. The fourth-order valence-corrected chi connectivity index (χ4v) is 3.97. The minimum atomic E-state index is -3.56. The predicted octanol–water partition coefficient (Wildman–Crippen LogP) is 1.17. The molecule has 2 N–H and O–H groups in total. The number of rotatable bonds is 5. The monoisotopic (exact) mass is 354 g/mol. The highest BCUT2D eigenvalue weighted by Gasteiger charge is 2.32. The van der Waals surface area contributed by atoms with Crippen molar-refractivity contribution in [3.05, 3.63) is 29.8 Å². The van der Waals surface area contributed by atoms with E-state index in [0.717, 1.165) is 0 Å². The second-order valence-corrected chi connectivity index (χ2v) is 7.88. The van der Waals surface area contributed by atoms with Gasteiger partial charge in [0.15, 0.2) is 0 Å². The number of nitrogens with zero attached hydrogens (tertiary/aromatic N) is 1. The van der Waals surface area contributed by atoms with Gasteiger partial charge < -0.3 is 10.0 Å². The summed E-state index contributed by atoms with van der Waals surface area (Å²) in [5.41, 5.74) is 0.351. The Labute approximate surface area is 141 Å². The molecule has 1 heterocycles. The van der Waals surface area contributed by atoms with Crippen LogP contribution >= 0.6 is 0 Å². The zero-order valence-corrected chi connectivity index (χ0v) is 14.5. The maximum Gasteiger partial charge on any atom is 0.308 e. The molecule has 7 nitrogen and oxygen atoms in total. The van der Waals surface area contributed by atoms with E-state index >= 15 is 0 Å². The number of carboxylic acid groups (broad SMARTS) is 1. The first-order valence-corrected chi connectivity index (χ1v) is 9.34. The molecule has 1 aromatic rings. The highest BCUT2D eigenvalue weighted by Crippen LogP contribution is 2.23. The third-order valence-electron chi connectivity index (χ3n) is 4.04. The van der Waals surface area contributed by atoms with Gasteiger partial charge in [0.2, 0.25) is 10.0 Å². The van der Waals surface area contributed by atoms with Crippen LogP contribution in [0.25, 0.3) is 0 Å². The Morgan fingerprint density at radius 3 is 2.42 bits per heavy atom. The molecule has 1 amide bonds. The molecule has 24 heavy (non-hydrogen) atoms. The molecular weight excluding hydrogens is 332 g/mol. The summed E-state index contributed by atoms with van der Waals surface area (Å²) < 4.78 is 26.2. The first-order chi connectivity index (χ1) is 11.2. The number of amides is 1. The summed E-state index contributed by atoms with van der Waals surface area (Å²) in [6.45, 7) is 4.56. The van der Waals surface area contributed by atoms with Crippen LogP contribution in [0.15, 0.2) is 29.2 Å². The average Bonchev–Trinajstić information content (AvgIpc) is 2.53. The Morgan fingerprint density at radius 2 is 1.88 bits per heavy atom. The van der Waals surface area contributed by atoms with Gasteiger partial charge in [0.05, 0.1) is 10.8 Å². The Hall–Kier alpha value is -1.93. The molecule has 0 aromatic heterocycles. The summed E-state index contributed by atoms with van der Waals surface area (Å²) >= 11 is 0. The molecule has 1 fully saturated rings. The Balaban J connectivity index is 2.16. The van der Waals surface area contributed by atoms with Gasteiger partial charge in [0, 0.05) is 25.2 Å². The number of nitrogens with one attached hydrogen (secondary N) is 1. The molecule has 0 radical (unpaired) electrons. The van der Waals surface area contributed by atoms with Crippen LogP contribution < -0.4 is 4.72 Å².